The van der Waals surface area contributed by atoms with Gasteiger partial charge in [0.2, 0.25) is 0 Å². The minimum absolute atomic E-state index is 0.553. The summed E-state index contributed by atoms with van der Waals surface area (Å²) in [7, 11) is 0. The lowest BCUT2D eigenvalue weighted by Gasteiger charge is -2.20. The first-order chi connectivity index (χ1) is 7.65. The van der Waals surface area contributed by atoms with Crippen LogP contribution in [0.3, 0.4) is 0 Å². The minimum atomic E-state index is 0.553. The molecule has 0 saturated carbocycles. The van der Waals surface area contributed by atoms with Crippen molar-refractivity contribution in [1.29, 1.82) is 0 Å². The predicted octanol–water partition coefficient (Wildman–Crippen LogP) is 1.73. The standard InChI is InChI=1S/C13H21N3/c1-4-16(9-11(2)8-14)10-13-7-5-6-12(3)15-13/h5-7H,2,4,8-10,14H2,1,3H3. The highest BCUT2D eigenvalue weighted by molar-refractivity contribution is 5.10. The Balaban J connectivity index is 2.59. The van der Waals surface area contributed by atoms with Gasteiger partial charge in [0, 0.05) is 25.3 Å². The number of rotatable bonds is 6. The van der Waals surface area contributed by atoms with Crippen LogP contribution in [0.25, 0.3) is 0 Å². The maximum absolute atomic E-state index is 5.55. The first-order valence-electron chi connectivity index (χ1n) is 5.67. The van der Waals surface area contributed by atoms with Gasteiger partial charge in [0.25, 0.3) is 0 Å². The molecule has 3 nitrogen and oxygen atoms in total. The van der Waals surface area contributed by atoms with Crippen LogP contribution < -0.4 is 5.73 Å². The zero-order valence-electron chi connectivity index (χ0n) is 10.2. The molecule has 0 unspecified atom stereocenters. The Kier molecular flexibility index (Phi) is 5.15. The molecule has 2 N–H and O–H groups in total. The van der Waals surface area contributed by atoms with Gasteiger partial charge in [0.05, 0.1) is 5.69 Å². The topological polar surface area (TPSA) is 42.1 Å². The van der Waals surface area contributed by atoms with Crippen LogP contribution in [0.2, 0.25) is 0 Å². The van der Waals surface area contributed by atoms with Crippen molar-refractivity contribution >= 4 is 0 Å². The van der Waals surface area contributed by atoms with Gasteiger partial charge in [-0.15, -0.1) is 0 Å². The molecule has 88 valence electrons. The number of nitrogens with zero attached hydrogens (tertiary/aromatic N) is 2. The fraction of sp³-hybridized carbons (Fsp3) is 0.462. The smallest absolute Gasteiger partial charge is 0.0547 e. The summed E-state index contributed by atoms with van der Waals surface area (Å²) in [5, 5.41) is 0. The molecule has 3 heteroatoms. The molecule has 0 aliphatic heterocycles. The van der Waals surface area contributed by atoms with Crippen molar-refractivity contribution in [3.05, 3.63) is 41.7 Å². The summed E-state index contributed by atoms with van der Waals surface area (Å²) < 4.78 is 0. The van der Waals surface area contributed by atoms with E-state index in [1.807, 2.05) is 19.1 Å². The number of aryl methyl sites for hydroxylation is 1. The number of pyridine rings is 1. The van der Waals surface area contributed by atoms with E-state index in [-0.39, 0.29) is 0 Å². The van der Waals surface area contributed by atoms with Crippen molar-refractivity contribution in [2.45, 2.75) is 20.4 Å². The summed E-state index contributed by atoms with van der Waals surface area (Å²) in [5.74, 6) is 0. The summed E-state index contributed by atoms with van der Waals surface area (Å²) >= 11 is 0. The van der Waals surface area contributed by atoms with E-state index in [1.165, 1.54) is 0 Å². The Morgan fingerprint density at radius 3 is 2.81 bits per heavy atom. The third-order valence-corrected chi connectivity index (χ3v) is 2.51. The number of nitrogens with two attached hydrogens (primary N) is 1. The molecule has 0 aromatic carbocycles. The normalized spacial score (nSPS) is 10.8. The molecular formula is C13H21N3. The second kappa shape index (κ2) is 6.40. The van der Waals surface area contributed by atoms with Crippen molar-refractivity contribution in [2.24, 2.45) is 5.73 Å². The number of likely N-dealkylation sites (N-methyl/N-ethyl adjacent to an activating group) is 1. The maximum atomic E-state index is 5.55. The Bertz CT molecular complexity index is 347. The van der Waals surface area contributed by atoms with Crippen molar-refractivity contribution in [2.75, 3.05) is 19.6 Å². The van der Waals surface area contributed by atoms with Gasteiger partial charge in [-0.1, -0.05) is 19.6 Å². The first kappa shape index (κ1) is 12.9. The molecule has 0 amide bonds. The lowest BCUT2D eigenvalue weighted by molar-refractivity contribution is 0.299. The van der Waals surface area contributed by atoms with Crippen LogP contribution in [0, 0.1) is 6.92 Å². The van der Waals surface area contributed by atoms with E-state index >= 15 is 0 Å². The van der Waals surface area contributed by atoms with Crippen LogP contribution in [0.4, 0.5) is 0 Å². The van der Waals surface area contributed by atoms with E-state index in [4.69, 9.17) is 5.73 Å². The monoisotopic (exact) mass is 219 g/mol. The Hall–Kier alpha value is -1.19. The lowest BCUT2D eigenvalue weighted by atomic mass is 10.2. The van der Waals surface area contributed by atoms with E-state index in [9.17, 15) is 0 Å². The van der Waals surface area contributed by atoms with Crippen LogP contribution in [0.5, 0.6) is 0 Å². The van der Waals surface area contributed by atoms with E-state index in [0.717, 1.165) is 36.6 Å². The zero-order valence-corrected chi connectivity index (χ0v) is 10.2. The van der Waals surface area contributed by atoms with Gasteiger partial charge in [-0.25, -0.2) is 0 Å². The molecule has 1 aromatic rings. The van der Waals surface area contributed by atoms with Gasteiger partial charge in [-0.3, -0.25) is 9.88 Å². The van der Waals surface area contributed by atoms with Crippen LogP contribution in [-0.4, -0.2) is 29.5 Å². The second-order valence-electron chi connectivity index (χ2n) is 4.03. The van der Waals surface area contributed by atoms with E-state index in [0.29, 0.717) is 6.54 Å². The number of hydrogen-bond donors (Lipinski definition) is 1. The zero-order chi connectivity index (χ0) is 12.0. The second-order valence-corrected chi connectivity index (χ2v) is 4.03. The van der Waals surface area contributed by atoms with Gasteiger partial charge in [-0.2, -0.15) is 0 Å². The van der Waals surface area contributed by atoms with Crippen molar-refractivity contribution < 1.29 is 0 Å². The van der Waals surface area contributed by atoms with E-state index in [2.05, 4.69) is 29.5 Å². The average Bonchev–Trinajstić information content (AvgIpc) is 2.28. The highest BCUT2D eigenvalue weighted by Crippen LogP contribution is 2.04. The predicted molar refractivity (Wildman–Crippen MR) is 68.1 cm³/mol. The largest absolute Gasteiger partial charge is 0.327 e. The summed E-state index contributed by atoms with van der Waals surface area (Å²) in [5.41, 5.74) is 8.78. The summed E-state index contributed by atoms with van der Waals surface area (Å²) in [6, 6.07) is 6.11. The molecular weight excluding hydrogens is 198 g/mol. The van der Waals surface area contributed by atoms with Crippen LogP contribution in [-0.2, 0) is 6.54 Å². The molecule has 0 saturated heterocycles. The van der Waals surface area contributed by atoms with Gasteiger partial charge in [0.1, 0.15) is 0 Å². The third kappa shape index (κ3) is 4.13. The Labute approximate surface area is 98.0 Å². The Morgan fingerprint density at radius 2 is 2.25 bits per heavy atom. The Morgan fingerprint density at radius 1 is 1.50 bits per heavy atom. The van der Waals surface area contributed by atoms with Crippen LogP contribution in [0.1, 0.15) is 18.3 Å². The quantitative estimate of drug-likeness (QED) is 0.741. The molecule has 0 spiro atoms. The molecule has 16 heavy (non-hydrogen) atoms. The SMILES string of the molecule is C=C(CN)CN(CC)Cc1cccc(C)n1. The third-order valence-electron chi connectivity index (χ3n) is 2.51. The molecule has 0 aliphatic rings. The van der Waals surface area contributed by atoms with Gasteiger partial charge < -0.3 is 5.73 Å². The number of hydrogen-bond acceptors (Lipinski definition) is 3. The average molecular weight is 219 g/mol. The summed E-state index contributed by atoms with van der Waals surface area (Å²) in [4.78, 5) is 6.78. The molecule has 0 aliphatic carbocycles. The maximum Gasteiger partial charge on any atom is 0.0547 e. The highest BCUT2D eigenvalue weighted by atomic mass is 15.1. The number of aromatic nitrogens is 1. The molecule has 1 aromatic heterocycles. The van der Waals surface area contributed by atoms with Gasteiger partial charge in [0.15, 0.2) is 0 Å². The van der Waals surface area contributed by atoms with Crippen molar-refractivity contribution in [1.82, 2.24) is 9.88 Å². The first-order valence-corrected chi connectivity index (χ1v) is 5.67. The van der Waals surface area contributed by atoms with Crippen LogP contribution >= 0.6 is 0 Å². The van der Waals surface area contributed by atoms with Gasteiger partial charge in [-0.05, 0) is 31.2 Å². The van der Waals surface area contributed by atoms with Crippen molar-refractivity contribution in [3.63, 3.8) is 0 Å². The van der Waals surface area contributed by atoms with E-state index in [1.54, 1.807) is 0 Å². The molecule has 0 radical (unpaired) electrons. The molecule has 0 fully saturated rings. The minimum Gasteiger partial charge on any atom is -0.327 e. The molecule has 1 heterocycles. The highest BCUT2D eigenvalue weighted by Gasteiger charge is 2.05. The summed E-state index contributed by atoms with van der Waals surface area (Å²) in [6.45, 7) is 11.3. The fourth-order valence-electron chi connectivity index (χ4n) is 1.58. The molecule has 0 bridgehead atoms. The molecule has 1 rings (SSSR count). The van der Waals surface area contributed by atoms with Crippen LogP contribution in [0.15, 0.2) is 30.4 Å². The lowest BCUT2D eigenvalue weighted by Crippen LogP contribution is -2.27. The van der Waals surface area contributed by atoms with Crippen molar-refractivity contribution in [3.8, 4) is 0 Å². The summed E-state index contributed by atoms with van der Waals surface area (Å²) in [6.07, 6.45) is 0. The molecule has 0 atom stereocenters. The fourth-order valence-corrected chi connectivity index (χ4v) is 1.58. The van der Waals surface area contributed by atoms with Gasteiger partial charge >= 0.3 is 0 Å². The van der Waals surface area contributed by atoms with E-state index < -0.39 is 0 Å².